The maximum absolute atomic E-state index is 6.27. The molecule has 0 aliphatic carbocycles. The van der Waals surface area contributed by atoms with E-state index >= 15 is 0 Å². The Morgan fingerprint density at radius 2 is 2.04 bits per heavy atom. The smallest absolute Gasteiger partial charge is 0.173 e. The molecule has 7 heteroatoms. The molecule has 0 amide bonds. The van der Waals surface area contributed by atoms with Crippen LogP contribution < -0.4 is 5.32 Å². The van der Waals surface area contributed by atoms with Crippen LogP contribution in [0.1, 0.15) is 12.0 Å². The first-order valence-electron chi connectivity index (χ1n) is 9.22. The number of hydrogen-bond acceptors (Lipinski definition) is 4. The Hall–Kier alpha value is -1.73. The van der Waals surface area contributed by atoms with Gasteiger partial charge in [0.2, 0.25) is 0 Å². The summed E-state index contributed by atoms with van der Waals surface area (Å²) in [5, 5.41) is 4.63. The molecule has 1 saturated heterocycles. The number of benzene rings is 1. The molecule has 0 unspecified atom stereocenters. The molecule has 27 heavy (non-hydrogen) atoms. The lowest BCUT2D eigenvalue weighted by Gasteiger charge is -2.29. The van der Waals surface area contributed by atoms with E-state index in [9.17, 15) is 0 Å². The fourth-order valence-electron chi connectivity index (χ4n) is 3.03. The normalized spacial score (nSPS) is 14.7. The molecule has 0 atom stereocenters. The number of pyridine rings is 1. The van der Waals surface area contributed by atoms with Crippen LogP contribution in [-0.2, 0) is 11.3 Å². The Balaban J connectivity index is 1.61. The predicted octanol–water partition coefficient (Wildman–Crippen LogP) is 3.66. The number of nitrogens with zero attached hydrogens (tertiary/aromatic N) is 3. The molecule has 1 N–H and O–H groups in total. The molecule has 1 aromatic carbocycles. The van der Waals surface area contributed by atoms with Crippen LogP contribution in [0.15, 0.2) is 48.8 Å². The fourth-order valence-corrected chi connectivity index (χ4v) is 3.48. The minimum absolute atomic E-state index is 0.662. The molecule has 1 aliphatic heterocycles. The highest BCUT2D eigenvalue weighted by molar-refractivity contribution is 7.80. The van der Waals surface area contributed by atoms with E-state index in [2.05, 4.69) is 26.2 Å². The zero-order valence-corrected chi connectivity index (χ0v) is 16.9. The van der Waals surface area contributed by atoms with Crippen molar-refractivity contribution in [2.45, 2.75) is 13.0 Å². The Kier molecular flexibility index (Phi) is 7.83. The van der Waals surface area contributed by atoms with Crippen LogP contribution >= 0.6 is 23.8 Å². The lowest BCUT2D eigenvalue weighted by Crippen LogP contribution is -2.40. The van der Waals surface area contributed by atoms with E-state index in [1.807, 2.05) is 36.5 Å². The van der Waals surface area contributed by atoms with Gasteiger partial charge in [0.25, 0.3) is 0 Å². The third-order valence-electron chi connectivity index (χ3n) is 4.50. The first-order chi connectivity index (χ1) is 13.2. The van der Waals surface area contributed by atoms with Crippen molar-refractivity contribution in [3.8, 4) is 0 Å². The van der Waals surface area contributed by atoms with E-state index in [0.717, 1.165) is 57.1 Å². The lowest BCUT2D eigenvalue weighted by atomic mass is 10.2. The van der Waals surface area contributed by atoms with E-state index in [0.29, 0.717) is 16.7 Å². The molecule has 2 heterocycles. The van der Waals surface area contributed by atoms with Crippen LogP contribution in [0.2, 0.25) is 5.02 Å². The van der Waals surface area contributed by atoms with Gasteiger partial charge in [-0.3, -0.25) is 9.88 Å². The quantitative estimate of drug-likeness (QED) is 0.710. The molecule has 1 aromatic heterocycles. The van der Waals surface area contributed by atoms with Crippen molar-refractivity contribution in [1.29, 1.82) is 0 Å². The van der Waals surface area contributed by atoms with Gasteiger partial charge >= 0.3 is 0 Å². The minimum Gasteiger partial charge on any atom is -0.379 e. The molecule has 1 fully saturated rings. The first-order valence-corrected chi connectivity index (χ1v) is 10.0. The summed E-state index contributed by atoms with van der Waals surface area (Å²) in [4.78, 5) is 8.83. The van der Waals surface area contributed by atoms with Crippen LogP contribution in [0.3, 0.4) is 0 Å². The number of aromatic nitrogens is 1. The Bertz CT molecular complexity index is 725. The summed E-state index contributed by atoms with van der Waals surface area (Å²) in [6.07, 6.45) is 4.70. The van der Waals surface area contributed by atoms with Crippen molar-refractivity contribution in [1.82, 2.24) is 14.8 Å². The zero-order chi connectivity index (χ0) is 18.9. The van der Waals surface area contributed by atoms with E-state index < -0.39 is 0 Å². The Labute approximate surface area is 171 Å². The molecule has 3 rings (SSSR count). The number of hydrogen-bond donors (Lipinski definition) is 1. The SMILES string of the molecule is S=C(Nc1ccccc1Cl)N(CCCN1CCOCC1)Cc1cccnc1. The second kappa shape index (κ2) is 10.6. The number of ether oxygens (including phenoxy) is 1. The van der Waals surface area contributed by atoms with Crippen molar-refractivity contribution < 1.29 is 4.74 Å². The van der Waals surface area contributed by atoms with Crippen molar-refractivity contribution in [3.63, 3.8) is 0 Å². The van der Waals surface area contributed by atoms with Crippen LogP contribution in [0.4, 0.5) is 5.69 Å². The van der Waals surface area contributed by atoms with Crippen molar-refractivity contribution in [3.05, 3.63) is 59.4 Å². The summed E-state index contributed by atoms with van der Waals surface area (Å²) >= 11 is 12.0. The minimum atomic E-state index is 0.662. The van der Waals surface area contributed by atoms with E-state index in [1.54, 1.807) is 6.20 Å². The molecular formula is C20H25ClN4OS. The fraction of sp³-hybridized carbons (Fsp3) is 0.400. The summed E-state index contributed by atoms with van der Waals surface area (Å²) in [6.45, 7) is 6.28. The number of anilines is 1. The van der Waals surface area contributed by atoms with Crippen molar-refractivity contribution >= 4 is 34.6 Å². The van der Waals surface area contributed by atoms with Gasteiger partial charge < -0.3 is 15.0 Å². The molecule has 0 spiro atoms. The summed E-state index contributed by atoms with van der Waals surface area (Å²) in [5.41, 5.74) is 1.96. The van der Waals surface area contributed by atoms with Crippen LogP contribution in [0, 0.1) is 0 Å². The molecule has 0 saturated carbocycles. The van der Waals surface area contributed by atoms with Crippen molar-refractivity contribution in [2.24, 2.45) is 0 Å². The second-order valence-electron chi connectivity index (χ2n) is 6.50. The van der Waals surface area contributed by atoms with E-state index in [4.69, 9.17) is 28.6 Å². The van der Waals surface area contributed by atoms with Gasteiger partial charge in [-0.05, 0) is 42.4 Å². The Morgan fingerprint density at radius 3 is 2.78 bits per heavy atom. The molecule has 0 bridgehead atoms. The first kappa shape index (κ1) is 20.0. The van der Waals surface area contributed by atoms with Crippen LogP contribution in [0.25, 0.3) is 0 Å². The van der Waals surface area contributed by atoms with Gasteiger partial charge in [-0.2, -0.15) is 0 Å². The zero-order valence-electron chi connectivity index (χ0n) is 15.3. The predicted molar refractivity (Wildman–Crippen MR) is 114 cm³/mol. The summed E-state index contributed by atoms with van der Waals surface area (Å²) in [6, 6.07) is 11.7. The highest BCUT2D eigenvalue weighted by Gasteiger charge is 2.14. The Morgan fingerprint density at radius 1 is 1.22 bits per heavy atom. The number of halogens is 1. The summed E-state index contributed by atoms with van der Waals surface area (Å²) < 4.78 is 5.42. The number of thiocarbonyl (C=S) groups is 1. The second-order valence-corrected chi connectivity index (χ2v) is 7.29. The maximum atomic E-state index is 6.27. The van der Waals surface area contributed by atoms with Crippen LogP contribution in [0.5, 0.6) is 0 Å². The van der Waals surface area contributed by atoms with Gasteiger partial charge in [-0.1, -0.05) is 29.8 Å². The molecule has 5 nitrogen and oxygen atoms in total. The standard InChI is InChI=1S/C20H25ClN4OS/c21-18-6-1-2-7-19(18)23-20(27)25(16-17-5-3-8-22-15-17)10-4-9-24-11-13-26-14-12-24/h1-3,5-8,15H,4,9-14,16H2,(H,23,27). The van der Waals surface area contributed by atoms with Gasteiger partial charge in [0, 0.05) is 45.1 Å². The van der Waals surface area contributed by atoms with E-state index in [-0.39, 0.29) is 0 Å². The maximum Gasteiger partial charge on any atom is 0.173 e. The average molecular weight is 405 g/mol. The van der Waals surface area contributed by atoms with E-state index in [1.165, 1.54) is 0 Å². The topological polar surface area (TPSA) is 40.6 Å². The number of morpholine rings is 1. The molecular weight excluding hydrogens is 380 g/mol. The summed E-state index contributed by atoms with van der Waals surface area (Å²) in [5.74, 6) is 0. The molecule has 2 aromatic rings. The largest absolute Gasteiger partial charge is 0.379 e. The monoisotopic (exact) mass is 404 g/mol. The number of rotatable bonds is 7. The average Bonchev–Trinajstić information content (AvgIpc) is 2.70. The van der Waals surface area contributed by atoms with Gasteiger partial charge in [0.05, 0.1) is 23.9 Å². The number of nitrogens with one attached hydrogen (secondary N) is 1. The summed E-state index contributed by atoms with van der Waals surface area (Å²) in [7, 11) is 0. The van der Waals surface area contributed by atoms with Gasteiger partial charge in [0.15, 0.2) is 5.11 Å². The highest BCUT2D eigenvalue weighted by Crippen LogP contribution is 2.21. The van der Waals surface area contributed by atoms with Crippen LogP contribution in [-0.4, -0.2) is 59.3 Å². The van der Waals surface area contributed by atoms with Crippen molar-refractivity contribution in [2.75, 3.05) is 44.7 Å². The molecule has 1 aliphatic rings. The molecule has 144 valence electrons. The number of para-hydroxylation sites is 1. The highest BCUT2D eigenvalue weighted by atomic mass is 35.5. The third kappa shape index (κ3) is 6.43. The molecule has 0 radical (unpaired) electrons. The van der Waals surface area contributed by atoms with Gasteiger partial charge in [-0.25, -0.2) is 0 Å². The third-order valence-corrected chi connectivity index (χ3v) is 5.19. The van der Waals surface area contributed by atoms with Gasteiger partial charge in [-0.15, -0.1) is 0 Å². The van der Waals surface area contributed by atoms with Gasteiger partial charge in [0.1, 0.15) is 0 Å². The lowest BCUT2D eigenvalue weighted by molar-refractivity contribution is 0.0368.